The Kier molecular flexibility index (Phi) is 3.91. The second-order valence-electron chi connectivity index (χ2n) is 5.71. The molecule has 1 aromatic heterocycles. The number of aromatic nitrogens is 2. The van der Waals surface area contributed by atoms with E-state index in [1.165, 1.54) is 29.5 Å². The monoisotopic (exact) mass is 281 g/mol. The van der Waals surface area contributed by atoms with Gasteiger partial charge in [0.25, 0.3) is 0 Å². The standard InChI is InChI=1S/C18H23N3/c1-4-16-12(3)17(19-5-2)21-18(20-16)15-9-7-6-8-14(15)13-10-11-13/h6-9,13H,4-5,10-11H2,1-3H3,(H,19,20,21). The zero-order chi connectivity index (χ0) is 14.8. The summed E-state index contributed by atoms with van der Waals surface area (Å²) in [6, 6.07) is 8.60. The van der Waals surface area contributed by atoms with Crippen molar-refractivity contribution in [2.45, 2.75) is 46.0 Å². The highest BCUT2D eigenvalue weighted by Crippen LogP contribution is 2.43. The van der Waals surface area contributed by atoms with Crippen molar-refractivity contribution in [1.29, 1.82) is 0 Å². The molecule has 2 aromatic rings. The zero-order valence-corrected chi connectivity index (χ0v) is 13.1. The van der Waals surface area contributed by atoms with E-state index in [9.17, 15) is 0 Å². The highest BCUT2D eigenvalue weighted by Gasteiger charge is 2.27. The molecule has 0 unspecified atom stereocenters. The molecule has 1 aliphatic rings. The van der Waals surface area contributed by atoms with Crippen molar-refractivity contribution in [1.82, 2.24) is 9.97 Å². The molecular weight excluding hydrogens is 258 g/mol. The van der Waals surface area contributed by atoms with Gasteiger partial charge in [-0.2, -0.15) is 0 Å². The maximum Gasteiger partial charge on any atom is 0.162 e. The molecule has 1 saturated carbocycles. The minimum atomic E-state index is 0.707. The molecule has 21 heavy (non-hydrogen) atoms. The molecule has 0 atom stereocenters. The third-order valence-electron chi connectivity index (χ3n) is 4.14. The first-order valence-corrected chi connectivity index (χ1v) is 7.95. The highest BCUT2D eigenvalue weighted by molar-refractivity contribution is 5.65. The summed E-state index contributed by atoms with van der Waals surface area (Å²) < 4.78 is 0. The molecule has 1 aromatic carbocycles. The van der Waals surface area contributed by atoms with Crippen LogP contribution in [-0.2, 0) is 6.42 Å². The van der Waals surface area contributed by atoms with E-state index in [2.05, 4.69) is 50.4 Å². The molecule has 0 amide bonds. The van der Waals surface area contributed by atoms with Gasteiger partial charge in [-0.1, -0.05) is 31.2 Å². The number of hydrogen-bond donors (Lipinski definition) is 1. The van der Waals surface area contributed by atoms with E-state index in [1.54, 1.807) is 0 Å². The summed E-state index contributed by atoms with van der Waals surface area (Å²) in [4.78, 5) is 9.61. The van der Waals surface area contributed by atoms with Crippen LogP contribution < -0.4 is 5.32 Å². The first-order valence-electron chi connectivity index (χ1n) is 7.95. The molecule has 0 saturated heterocycles. The van der Waals surface area contributed by atoms with Crippen molar-refractivity contribution in [2.75, 3.05) is 11.9 Å². The van der Waals surface area contributed by atoms with Gasteiger partial charge < -0.3 is 5.32 Å². The van der Waals surface area contributed by atoms with Gasteiger partial charge in [-0.25, -0.2) is 9.97 Å². The number of nitrogens with zero attached hydrogens (tertiary/aromatic N) is 2. The fourth-order valence-corrected chi connectivity index (χ4v) is 2.82. The molecule has 1 heterocycles. The van der Waals surface area contributed by atoms with E-state index in [-0.39, 0.29) is 0 Å². The lowest BCUT2D eigenvalue weighted by atomic mass is 10.0. The smallest absolute Gasteiger partial charge is 0.162 e. The summed E-state index contributed by atoms with van der Waals surface area (Å²) in [5.41, 5.74) is 4.92. The predicted octanol–water partition coefficient (Wildman–Crippen LogP) is 4.32. The summed E-state index contributed by atoms with van der Waals surface area (Å²) in [5, 5.41) is 3.37. The second kappa shape index (κ2) is 5.84. The van der Waals surface area contributed by atoms with Crippen LogP contribution in [0.1, 0.15) is 49.4 Å². The van der Waals surface area contributed by atoms with Crippen LogP contribution in [0.3, 0.4) is 0 Å². The summed E-state index contributed by atoms with van der Waals surface area (Å²) in [7, 11) is 0. The van der Waals surface area contributed by atoms with Gasteiger partial charge in [-0.05, 0) is 44.6 Å². The van der Waals surface area contributed by atoms with Crippen LogP contribution >= 0.6 is 0 Å². The Morgan fingerprint density at radius 1 is 1.14 bits per heavy atom. The van der Waals surface area contributed by atoms with Crippen LogP contribution in [0, 0.1) is 6.92 Å². The molecule has 3 nitrogen and oxygen atoms in total. The van der Waals surface area contributed by atoms with E-state index < -0.39 is 0 Å². The summed E-state index contributed by atoms with van der Waals surface area (Å²) in [6.07, 6.45) is 3.53. The maximum absolute atomic E-state index is 4.82. The van der Waals surface area contributed by atoms with E-state index in [0.717, 1.165) is 30.3 Å². The molecule has 3 heteroatoms. The highest BCUT2D eigenvalue weighted by atomic mass is 15.0. The SMILES string of the molecule is CCNc1nc(-c2ccccc2C2CC2)nc(CC)c1C. The normalized spacial score (nSPS) is 14.2. The van der Waals surface area contributed by atoms with Crippen LogP contribution in [0.2, 0.25) is 0 Å². The van der Waals surface area contributed by atoms with E-state index in [0.29, 0.717) is 5.92 Å². The van der Waals surface area contributed by atoms with Crippen molar-refractivity contribution in [2.24, 2.45) is 0 Å². The minimum Gasteiger partial charge on any atom is -0.370 e. The largest absolute Gasteiger partial charge is 0.370 e. The first-order chi connectivity index (χ1) is 10.2. The number of anilines is 1. The first kappa shape index (κ1) is 14.1. The van der Waals surface area contributed by atoms with Gasteiger partial charge in [0.2, 0.25) is 0 Å². The topological polar surface area (TPSA) is 37.8 Å². The molecule has 0 spiro atoms. The lowest BCUT2D eigenvalue weighted by Crippen LogP contribution is -2.08. The summed E-state index contributed by atoms with van der Waals surface area (Å²) in [5.74, 6) is 2.56. The zero-order valence-electron chi connectivity index (χ0n) is 13.1. The van der Waals surface area contributed by atoms with Gasteiger partial charge in [-0.3, -0.25) is 0 Å². The Hall–Kier alpha value is -1.90. The molecule has 1 fully saturated rings. The van der Waals surface area contributed by atoms with E-state index in [4.69, 9.17) is 9.97 Å². The molecule has 110 valence electrons. The fraction of sp³-hybridized carbons (Fsp3) is 0.444. The van der Waals surface area contributed by atoms with Gasteiger partial charge in [0.15, 0.2) is 5.82 Å². The van der Waals surface area contributed by atoms with Crippen LogP contribution in [0.25, 0.3) is 11.4 Å². The Balaban J connectivity index is 2.11. The van der Waals surface area contributed by atoms with Crippen molar-refractivity contribution in [3.05, 3.63) is 41.1 Å². The average Bonchev–Trinajstić information content (AvgIpc) is 3.34. The number of rotatable bonds is 5. The third-order valence-corrected chi connectivity index (χ3v) is 4.14. The number of hydrogen-bond acceptors (Lipinski definition) is 3. The van der Waals surface area contributed by atoms with Crippen LogP contribution in [0.5, 0.6) is 0 Å². The van der Waals surface area contributed by atoms with Gasteiger partial charge in [0, 0.05) is 23.4 Å². The average molecular weight is 281 g/mol. The Labute approximate surface area is 126 Å². The van der Waals surface area contributed by atoms with Gasteiger partial charge >= 0.3 is 0 Å². The Morgan fingerprint density at radius 2 is 1.90 bits per heavy atom. The lowest BCUT2D eigenvalue weighted by Gasteiger charge is -2.14. The second-order valence-corrected chi connectivity index (χ2v) is 5.71. The molecule has 0 aliphatic heterocycles. The minimum absolute atomic E-state index is 0.707. The predicted molar refractivity (Wildman–Crippen MR) is 87.7 cm³/mol. The quantitative estimate of drug-likeness (QED) is 0.886. The number of benzene rings is 1. The lowest BCUT2D eigenvalue weighted by molar-refractivity contribution is 0.966. The van der Waals surface area contributed by atoms with Crippen molar-refractivity contribution in [3.8, 4) is 11.4 Å². The molecule has 1 aliphatic carbocycles. The molecule has 0 bridgehead atoms. The third kappa shape index (κ3) is 2.78. The van der Waals surface area contributed by atoms with Gasteiger partial charge in [0.05, 0.1) is 0 Å². The molecular formula is C18H23N3. The van der Waals surface area contributed by atoms with Crippen molar-refractivity contribution < 1.29 is 0 Å². The summed E-state index contributed by atoms with van der Waals surface area (Å²) >= 11 is 0. The van der Waals surface area contributed by atoms with E-state index in [1.807, 2.05) is 0 Å². The van der Waals surface area contributed by atoms with Crippen molar-refractivity contribution >= 4 is 5.82 Å². The molecule has 3 rings (SSSR count). The number of aryl methyl sites for hydroxylation is 1. The molecule has 1 N–H and O–H groups in total. The maximum atomic E-state index is 4.82. The van der Waals surface area contributed by atoms with Gasteiger partial charge in [-0.15, -0.1) is 0 Å². The Morgan fingerprint density at radius 3 is 2.57 bits per heavy atom. The molecule has 0 radical (unpaired) electrons. The van der Waals surface area contributed by atoms with Crippen LogP contribution in [0.15, 0.2) is 24.3 Å². The van der Waals surface area contributed by atoms with Crippen LogP contribution in [-0.4, -0.2) is 16.5 Å². The Bertz CT molecular complexity index is 645. The summed E-state index contributed by atoms with van der Waals surface area (Å²) in [6.45, 7) is 7.24. The fourth-order valence-electron chi connectivity index (χ4n) is 2.82. The van der Waals surface area contributed by atoms with E-state index >= 15 is 0 Å². The van der Waals surface area contributed by atoms with Gasteiger partial charge in [0.1, 0.15) is 5.82 Å². The van der Waals surface area contributed by atoms with Crippen molar-refractivity contribution in [3.63, 3.8) is 0 Å². The number of nitrogens with one attached hydrogen (secondary N) is 1. The van der Waals surface area contributed by atoms with Crippen LogP contribution in [0.4, 0.5) is 5.82 Å².